The number of carbonyl (C=O) groups excluding carboxylic acids is 1. The van der Waals surface area contributed by atoms with E-state index in [9.17, 15) is 9.59 Å². The molecule has 2 rings (SSSR count). The fraction of sp³-hybridized carbons (Fsp3) is 0.231. The van der Waals surface area contributed by atoms with E-state index in [1.54, 1.807) is 19.1 Å². The number of fused-ring (bicyclic) bond motifs is 1. The average Bonchev–Trinajstić information content (AvgIpc) is 2.29. The van der Waals surface area contributed by atoms with Crippen LogP contribution in [0.4, 0.5) is 5.69 Å². The average molecular weight is 231 g/mol. The molecule has 0 unspecified atom stereocenters. The number of nitrogens with one attached hydrogen (secondary N) is 1. The molecule has 0 bridgehead atoms. The summed E-state index contributed by atoms with van der Waals surface area (Å²) in [5.74, 6) is -0.890. The number of rotatable bonds is 2. The van der Waals surface area contributed by atoms with Crippen molar-refractivity contribution >= 4 is 23.6 Å². The van der Waals surface area contributed by atoms with Crippen molar-refractivity contribution < 1.29 is 14.7 Å². The molecular weight excluding hydrogens is 218 g/mol. The Hall–Kier alpha value is -2.10. The minimum Gasteiger partial charge on any atom is -0.478 e. The number of hydrogen-bond acceptors (Lipinski definition) is 2. The van der Waals surface area contributed by atoms with Crippen LogP contribution in [0.5, 0.6) is 0 Å². The van der Waals surface area contributed by atoms with E-state index in [1.807, 2.05) is 12.1 Å². The van der Waals surface area contributed by atoms with Crippen LogP contribution in [0.15, 0.2) is 23.8 Å². The third kappa shape index (κ3) is 2.53. The van der Waals surface area contributed by atoms with Crippen LogP contribution in [-0.4, -0.2) is 17.0 Å². The van der Waals surface area contributed by atoms with Crippen molar-refractivity contribution in [3.8, 4) is 0 Å². The van der Waals surface area contributed by atoms with Gasteiger partial charge in [0.25, 0.3) is 0 Å². The van der Waals surface area contributed by atoms with Gasteiger partial charge in [-0.25, -0.2) is 4.79 Å². The molecule has 0 saturated carbocycles. The van der Waals surface area contributed by atoms with Crippen molar-refractivity contribution in [3.05, 3.63) is 34.9 Å². The lowest BCUT2D eigenvalue weighted by molar-refractivity contribution is -0.132. The molecule has 2 N–H and O–H groups in total. The van der Waals surface area contributed by atoms with E-state index in [2.05, 4.69) is 5.32 Å². The topological polar surface area (TPSA) is 66.4 Å². The summed E-state index contributed by atoms with van der Waals surface area (Å²) in [6.07, 6.45) is 2.81. The maximum absolute atomic E-state index is 11.2. The van der Waals surface area contributed by atoms with Gasteiger partial charge in [-0.2, -0.15) is 0 Å². The van der Waals surface area contributed by atoms with Gasteiger partial charge in [0.05, 0.1) is 0 Å². The van der Waals surface area contributed by atoms with Gasteiger partial charge in [0.15, 0.2) is 0 Å². The molecule has 0 spiro atoms. The number of amides is 1. The highest BCUT2D eigenvalue weighted by Crippen LogP contribution is 2.24. The maximum atomic E-state index is 11.2. The third-order valence-electron chi connectivity index (χ3n) is 2.75. The predicted octanol–water partition coefficient (Wildman–Crippen LogP) is 2.06. The van der Waals surface area contributed by atoms with E-state index >= 15 is 0 Å². The zero-order valence-corrected chi connectivity index (χ0v) is 9.49. The summed E-state index contributed by atoms with van der Waals surface area (Å²) in [6.45, 7) is 1.56. The van der Waals surface area contributed by atoms with Gasteiger partial charge < -0.3 is 10.4 Å². The first kappa shape index (κ1) is 11.4. The van der Waals surface area contributed by atoms with Crippen LogP contribution < -0.4 is 5.32 Å². The molecule has 0 atom stereocenters. The predicted molar refractivity (Wildman–Crippen MR) is 64.7 cm³/mol. The summed E-state index contributed by atoms with van der Waals surface area (Å²) in [5, 5.41) is 11.6. The molecule has 1 aliphatic rings. The van der Waals surface area contributed by atoms with Gasteiger partial charge in [-0.1, -0.05) is 6.07 Å². The highest BCUT2D eigenvalue weighted by molar-refractivity contribution is 5.94. The second kappa shape index (κ2) is 4.41. The van der Waals surface area contributed by atoms with Gasteiger partial charge in [0.1, 0.15) is 0 Å². The fourth-order valence-corrected chi connectivity index (χ4v) is 1.80. The normalized spacial score (nSPS) is 15.1. The SMILES string of the molecule is C/C(=C\c1ccc2c(c1)CCC(=O)N2)C(=O)O. The van der Waals surface area contributed by atoms with Crippen molar-refractivity contribution in [1.29, 1.82) is 0 Å². The standard InChI is InChI=1S/C13H13NO3/c1-8(13(16)17)6-9-2-4-11-10(7-9)3-5-12(15)14-11/h2,4,6-7H,3,5H2,1H3,(H,14,15)(H,16,17)/b8-6+. The van der Waals surface area contributed by atoms with Crippen LogP contribution in [0, 0.1) is 0 Å². The largest absolute Gasteiger partial charge is 0.478 e. The van der Waals surface area contributed by atoms with Crippen molar-refractivity contribution in [1.82, 2.24) is 0 Å². The van der Waals surface area contributed by atoms with Gasteiger partial charge >= 0.3 is 5.97 Å². The van der Waals surface area contributed by atoms with Crippen LogP contribution in [0.3, 0.4) is 0 Å². The summed E-state index contributed by atoms with van der Waals surface area (Å²) in [6, 6.07) is 5.53. The molecule has 0 fully saturated rings. The smallest absolute Gasteiger partial charge is 0.331 e. The summed E-state index contributed by atoms with van der Waals surface area (Å²) >= 11 is 0. The van der Waals surface area contributed by atoms with Gasteiger partial charge in [-0.15, -0.1) is 0 Å². The first-order valence-electron chi connectivity index (χ1n) is 5.40. The summed E-state index contributed by atoms with van der Waals surface area (Å²) in [4.78, 5) is 21.9. The minimum absolute atomic E-state index is 0.0301. The monoisotopic (exact) mass is 231 g/mol. The Labute approximate surface area is 99.0 Å². The molecule has 1 aromatic carbocycles. The van der Waals surface area contributed by atoms with E-state index in [1.165, 1.54) is 0 Å². The Balaban J connectivity index is 2.31. The van der Waals surface area contributed by atoms with E-state index in [4.69, 9.17) is 5.11 Å². The number of anilines is 1. The Bertz CT molecular complexity index is 517. The van der Waals surface area contributed by atoms with Gasteiger partial charge in [0.2, 0.25) is 5.91 Å². The van der Waals surface area contributed by atoms with Crippen LogP contribution in [-0.2, 0) is 16.0 Å². The molecule has 4 nitrogen and oxygen atoms in total. The van der Waals surface area contributed by atoms with Crippen molar-refractivity contribution in [2.75, 3.05) is 5.32 Å². The molecular formula is C13H13NO3. The van der Waals surface area contributed by atoms with E-state index < -0.39 is 5.97 Å². The molecule has 88 valence electrons. The molecule has 4 heteroatoms. The molecule has 0 aliphatic carbocycles. The molecule has 1 aliphatic heterocycles. The molecule has 17 heavy (non-hydrogen) atoms. The molecule has 0 saturated heterocycles. The third-order valence-corrected chi connectivity index (χ3v) is 2.75. The number of carboxylic acids is 1. The highest BCUT2D eigenvalue weighted by atomic mass is 16.4. The van der Waals surface area contributed by atoms with Crippen LogP contribution in [0.25, 0.3) is 6.08 Å². The first-order chi connectivity index (χ1) is 8.06. The molecule has 1 aromatic rings. The zero-order chi connectivity index (χ0) is 12.4. The van der Waals surface area contributed by atoms with E-state index in [-0.39, 0.29) is 5.91 Å². The van der Waals surface area contributed by atoms with Crippen molar-refractivity contribution in [2.24, 2.45) is 0 Å². The summed E-state index contributed by atoms with van der Waals surface area (Å²) in [7, 11) is 0. The maximum Gasteiger partial charge on any atom is 0.331 e. The fourth-order valence-electron chi connectivity index (χ4n) is 1.80. The van der Waals surface area contributed by atoms with E-state index in [0.717, 1.165) is 16.8 Å². The van der Waals surface area contributed by atoms with Crippen LogP contribution in [0.1, 0.15) is 24.5 Å². The highest BCUT2D eigenvalue weighted by Gasteiger charge is 2.14. The first-order valence-corrected chi connectivity index (χ1v) is 5.40. The second-order valence-electron chi connectivity index (χ2n) is 4.10. The lowest BCUT2D eigenvalue weighted by Crippen LogP contribution is -2.18. The van der Waals surface area contributed by atoms with Gasteiger partial charge in [-0.3, -0.25) is 4.79 Å². The number of carbonyl (C=O) groups is 2. The Morgan fingerprint density at radius 2 is 2.18 bits per heavy atom. The summed E-state index contributed by atoms with van der Waals surface area (Å²) < 4.78 is 0. The van der Waals surface area contributed by atoms with Crippen molar-refractivity contribution in [3.63, 3.8) is 0 Å². The minimum atomic E-state index is -0.920. The van der Waals surface area contributed by atoms with Crippen molar-refractivity contribution in [2.45, 2.75) is 19.8 Å². The van der Waals surface area contributed by atoms with Crippen LogP contribution >= 0.6 is 0 Å². The van der Waals surface area contributed by atoms with E-state index in [0.29, 0.717) is 18.4 Å². The Kier molecular flexibility index (Phi) is 2.95. The quantitative estimate of drug-likeness (QED) is 0.765. The number of hydrogen-bond donors (Lipinski definition) is 2. The lowest BCUT2D eigenvalue weighted by atomic mass is 9.99. The van der Waals surface area contributed by atoms with Crippen LogP contribution in [0.2, 0.25) is 0 Å². The number of benzene rings is 1. The number of aryl methyl sites for hydroxylation is 1. The number of carboxylic acid groups (broad SMARTS) is 1. The molecule has 0 radical (unpaired) electrons. The Morgan fingerprint density at radius 3 is 2.88 bits per heavy atom. The molecule has 1 heterocycles. The number of aliphatic carboxylic acids is 1. The second-order valence-corrected chi connectivity index (χ2v) is 4.10. The molecule has 0 aromatic heterocycles. The van der Waals surface area contributed by atoms with Gasteiger partial charge in [-0.05, 0) is 42.7 Å². The van der Waals surface area contributed by atoms with Gasteiger partial charge in [0, 0.05) is 17.7 Å². The zero-order valence-electron chi connectivity index (χ0n) is 9.49. The lowest BCUT2D eigenvalue weighted by Gasteiger charge is -2.16. The molecule has 1 amide bonds. The Morgan fingerprint density at radius 1 is 1.41 bits per heavy atom. The summed E-state index contributed by atoms with van der Waals surface area (Å²) in [5.41, 5.74) is 3.02.